The summed E-state index contributed by atoms with van der Waals surface area (Å²) < 4.78 is 1.00. The number of amides is 2. The van der Waals surface area contributed by atoms with Crippen LogP contribution in [-0.4, -0.2) is 55.4 Å². The highest BCUT2D eigenvalue weighted by Crippen LogP contribution is 2.35. The molecule has 2 heterocycles. The molecule has 32 heavy (non-hydrogen) atoms. The minimum atomic E-state index is -0.390. The summed E-state index contributed by atoms with van der Waals surface area (Å²) in [7, 11) is 4.03. The lowest BCUT2D eigenvalue weighted by Crippen LogP contribution is -2.39. The molecule has 168 valence electrons. The standard InChI is InChI=1S/C24H27ClN4O2S/c1-16-19(25)10-11-20-22(16)26-24(32-20)28(13-7-12-27(2)3)23(31)17-14-21(30)29(15-17)18-8-5-4-6-9-18/h4-6,8-11,17H,7,12-15H2,1-3H3. The van der Waals surface area contributed by atoms with E-state index in [0.29, 0.717) is 23.2 Å². The van der Waals surface area contributed by atoms with Gasteiger partial charge in [0.1, 0.15) is 0 Å². The summed E-state index contributed by atoms with van der Waals surface area (Å²) in [6.07, 6.45) is 1.03. The number of carbonyl (C=O) groups is 2. The first-order valence-corrected chi connectivity index (χ1v) is 11.9. The Kier molecular flexibility index (Phi) is 6.79. The maximum atomic E-state index is 13.6. The predicted molar refractivity (Wildman–Crippen MR) is 132 cm³/mol. The number of aromatic nitrogens is 1. The summed E-state index contributed by atoms with van der Waals surface area (Å²) in [5, 5.41) is 1.33. The van der Waals surface area contributed by atoms with Crippen LogP contribution in [0.3, 0.4) is 0 Å². The van der Waals surface area contributed by atoms with E-state index in [1.54, 1.807) is 9.80 Å². The lowest BCUT2D eigenvalue weighted by atomic mass is 10.1. The van der Waals surface area contributed by atoms with Crippen LogP contribution in [0.15, 0.2) is 42.5 Å². The number of hydrogen-bond donors (Lipinski definition) is 0. The highest BCUT2D eigenvalue weighted by atomic mass is 35.5. The van der Waals surface area contributed by atoms with Gasteiger partial charge >= 0.3 is 0 Å². The molecule has 1 aliphatic rings. The number of rotatable bonds is 7. The second-order valence-electron chi connectivity index (χ2n) is 8.40. The average Bonchev–Trinajstić information content (AvgIpc) is 3.38. The second kappa shape index (κ2) is 9.57. The Labute approximate surface area is 197 Å². The molecule has 0 saturated carbocycles. The van der Waals surface area contributed by atoms with Crippen LogP contribution in [-0.2, 0) is 9.59 Å². The van der Waals surface area contributed by atoms with Crippen LogP contribution in [0, 0.1) is 12.8 Å². The van der Waals surface area contributed by atoms with Gasteiger partial charge in [-0.3, -0.25) is 14.5 Å². The van der Waals surface area contributed by atoms with E-state index in [-0.39, 0.29) is 18.2 Å². The van der Waals surface area contributed by atoms with Crippen molar-refractivity contribution in [2.75, 3.05) is 43.5 Å². The van der Waals surface area contributed by atoms with Crippen LogP contribution in [0.1, 0.15) is 18.4 Å². The van der Waals surface area contributed by atoms with Crippen molar-refractivity contribution in [3.63, 3.8) is 0 Å². The lowest BCUT2D eigenvalue weighted by Gasteiger charge is -2.24. The molecule has 0 aliphatic carbocycles. The quantitative estimate of drug-likeness (QED) is 0.506. The van der Waals surface area contributed by atoms with Gasteiger partial charge in [0.2, 0.25) is 11.8 Å². The number of anilines is 2. The molecule has 3 aromatic rings. The Balaban J connectivity index is 1.61. The zero-order valence-corrected chi connectivity index (χ0v) is 20.1. The average molecular weight is 471 g/mol. The maximum Gasteiger partial charge on any atom is 0.234 e. The highest BCUT2D eigenvalue weighted by molar-refractivity contribution is 7.22. The number of aryl methyl sites for hydroxylation is 1. The van der Waals surface area contributed by atoms with Gasteiger partial charge in [0.05, 0.1) is 16.1 Å². The monoisotopic (exact) mass is 470 g/mol. The fourth-order valence-corrected chi connectivity index (χ4v) is 5.21. The van der Waals surface area contributed by atoms with E-state index >= 15 is 0 Å². The first-order valence-electron chi connectivity index (χ1n) is 10.7. The van der Waals surface area contributed by atoms with Gasteiger partial charge in [-0.2, -0.15) is 0 Å². The Morgan fingerprint density at radius 1 is 1.19 bits per heavy atom. The lowest BCUT2D eigenvalue weighted by molar-refractivity contribution is -0.124. The highest BCUT2D eigenvalue weighted by Gasteiger charge is 2.38. The third-order valence-electron chi connectivity index (χ3n) is 5.76. The molecule has 4 rings (SSSR count). The summed E-state index contributed by atoms with van der Waals surface area (Å²) in [5.74, 6) is -0.452. The van der Waals surface area contributed by atoms with E-state index in [1.165, 1.54) is 11.3 Å². The Morgan fingerprint density at radius 3 is 2.66 bits per heavy atom. The van der Waals surface area contributed by atoms with E-state index in [1.807, 2.05) is 63.5 Å². The third kappa shape index (κ3) is 4.65. The summed E-state index contributed by atoms with van der Waals surface area (Å²) >= 11 is 7.78. The van der Waals surface area contributed by atoms with Gasteiger partial charge in [-0.1, -0.05) is 41.1 Å². The molecule has 2 amide bonds. The van der Waals surface area contributed by atoms with Gasteiger partial charge in [-0.05, 0) is 63.8 Å². The zero-order chi connectivity index (χ0) is 22.8. The molecular formula is C24H27ClN4O2S. The van der Waals surface area contributed by atoms with Crippen LogP contribution < -0.4 is 9.80 Å². The van der Waals surface area contributed by atoms with Crippen LogP contribution in [0.4, 0.5) is 10.8 Å². The summed E-state index contributed by atoms with van der Waals surface area (Å²) in [6, 6.07) is 13.3. The minimum absolute atomic E-state index is 0.0188. The maximum absolute atomic E-state index is 13.6. The number of nitrogens with zero attached hydrogens (tertiary/aromatic N) is 4. The van der Waals surface area contributed by atoms with Gasteiger partial charge in [-0.25, -0.2) is 4.98 Å². The molecule has 1 aliphatic heterocycles. The number of carbonyl (C=O) groups excluding carboxylic acids is 2. The smallest absolute Gasteiger partial charge is 0.234 e. The SMILES string of the molecule is Cc1c(Cl)ccc2sc(N(CCCN(C)C)C(=O)C3CC(=O)N(c4ccccc4)C3)nc12. The molecule has 6 nitrogen and oxygen atoms in total. The molecule has 0 N–H and O–H groups in total. The van der Waals surface area contributed by atoms with Crippen molar-refractivity contribution in [3.8, 4) is 0 Å². The number of fused-ring (bicyclic) bond motifs is 1. The normalized spacial score (nSPS) is 16.3. The molecule has 0 radical (unpaired) electrons. The van der Waals surface area contributed by atoms with Crippen molar-refractivity contribution in [1.29, 1.82) is 0 Å². The van der Waals surface area contributed by atoms with Crippen molar-refractivity contribution in [2.45, 2.75) is 19.8 Å². The van der Waals surface area contributed by atoms with Crippen LogP contribution in [0.2, 0.25) is 5.02 Å². The van der Waals surface area contributed by atoms with Gasteiger partial charge in [-0.15, -0.1) is 0 Å². The number of hydrogen-bond acceptors (Lipinski definition) is 5. The largest absolute Gasteiger partial charge is 0.312 e. The van der Waals surface area contributed by atoms with Gasteiger partial charge in [0, 0.05) is 30.2 Å². The molecule has 1 unspecified atom stereocenters. The molecule has 8 heteroatoms. The van der Waals surface area contributed by atoms with E-state index in [2.05, 4.69) is 4.90 Å². The van der Waals surface area contributed by atoms with E-state index in [9.17, 15) is 9.59 Å². The van der Waals surface area contributed by atoms with E-state index < -0.39 is 5.92 Å². The van der Waals surface area contributed by atoms with Gasteiger partial charge in [0.25, 0.3) is 0 Å². The fourth-order valence-electron chi connectivity index (χ4n) is 4.00. The molecule has 1 fully saturated rings. The molecule has 1 saturated heterocycles. The van der Waals surface area contributed by atoms with Crippen LogP contribution >= 0.6 is 22.9 Å². The number of thiazole rings is 1. The Morgan fingerprint density at radius 2 is 1.94 bits per heavy atom. The van der Waals surface area contributed by atoms with E-state index in [0.717, 1.165) is 34.4 Å². The zero-order valence-electron chi connectivity index (χ0n) is 18.5. The third-order valence-corrected chi connectivity index (χ3v) is 7.22. The van der Waals surface area contributed by atoms with Gasteiger partial charge in [0.15, 0.2) is 5.13 Å². The van der Waals surface area contributed by atoms with Crippen molar-refractivity contribution < 1.29 is 9.59 Å². The predicted octanol–water partition coefficient (Wildman–Crippen LogP) is 4.60. The van der Waals surface area contributed by atoms with Crippen molar-refractivity contribution in [2.24, 2.45) is 5.92 Å². The van der Waals surface area contributed by atoms with Crippen LogP contribution in [0.5, 0.6) is 0 Å². The van der Waals surface area contributed by atoms with Crippen molar-refractivity contribution in [1.82, 2.24) is 9.88 Å². The first-order chi connectivity index (χ1) is 15.3. The number of para-hydroxylation sites is 1. The summed E-state index contributed by atoms with van der Waals surface area (Å²) in [5.41, 5.74) is 2.58. The molecule has 1 atom stereocenters. The Bertz CT molecular complexity index is 1130. The van der Waals surface area contributed by atoms with Gasteiger partial charge < -0.3 is 9.80 Å². The fraction of sp³-hybridized carbons (Fsp3) is 0.375. The number of benzene rings is 2. The van der Waals surface area contributed by atoms with E-state index in [4.69, 9.17) is 16.6 Å². The number of halogens is 1. The Hall–Kier alpha value is -2.48. The summed E-state index contributed by atoms with van der Waals surface area (Å²) in [6.45, 7) is 3.75. The van der Waals surface area contributed by atoms with Crippen LogP contribution in [0.25, 0.3) is 10.2 Å². The molecule has 2 aromatic carbocycles. The van der Waals surface area contributed by atoms with Crippen molar-refractivity contribution >= 4 is 55.8 Å². The van der Waals surface area contributed by atoms with Crippen molar-refractivity contribution in [3.05, 3.63) is 53.1 Å². The summed E-state index contributed by atoms with van der Waals surface area (Å²) in [4.78, 5) is 36.7. The topological polar surface area (TPSA) is 56.8 Å². The minimum Gasteiger partial charge on any atom is -0.312 e. The molecule has 0 spiro atoms. The molecule has 1 aromatic heterocycles. The second-order valence-corrected chi connectivity index (χ2v) is 9.82. The first kappa shape index (κ1) is 22.7. The molecular weight excluding hydrogens is 444 g/mol. The molecule has 0 bridgehead atoms.